The van der Waals surface area contributed by atoms with E-state index in [2.05, 4.69) is 25.9 Å². The molecule has 2 N–H and O–H groups in total. The largest absolute Gasteiger partial charge is 0.432 e. The van der Waals surface area contributed by atoms with Gasteiger partial charge in [-0.2, -0.15) is 13.2 Å². The summed E-state index contributed by atoms with van der Waals surface area (Å²) < 4.78 is 43.7. The Bertz CT molecular complexity index is 812. The maximum Gasteiger partial charge on any atom is 0.417 e. The average molecular weight is 358 g/mol. The van der Waals surface area contributed by atoms with Gasteiger partial charge in [0.15, 0.2) is 5.58 Å². The van der Waals surface area contributed by atoms with Crippen molar-refractivity contribution >= 4 is 32.7 Å². The number of hydrogen-bond donors (Lipinski definition) is 1. The fourth-order valence-electron chi connectivity index (χ4n) is 1.82. The predicted molar refractivity (Wildman–Crippen MR) is 74.4 cm³/mol. The quantitative estimate of drug-likeness (QED) is 0.661. The summed E-state index contributed by atoms with van der Waals surface area (Å²) in [6.07, 6.45) is -3.69. The first-order valence-electron chi connectivity index (χ1n) is 5.74. The number of benzene rings is 1. The van der Waals surface area contributed by atoms with E-state index < -0.39 is 11.7 Å². The number of aromatic nitrogens is 2. The van der Waals surface area contributed by atoms with Gasteiger partial charge in [-0.05, 0) is 24.3 Å². The second kappa shape index (κ2) is 4.73. The third kappa shape index (κ3) is 2.58. The SMILES string of the molecule is Nc1cc(Br)cc2nc(-c3ccc(C(F)(F)F)cn3)oc12. The second-order valence-corrected chi connectivity index (χ2v) is 5.21. The zero-order valence-electron chi connectivity index (χ0n) is 10.3. The lowest BCUT2D eigenvalue weighted by Gasteiger charge is -2.05. The monoisotopic (exact) mass is 357 g/mol. The van der Waals surface area contributed by atoms with Crippen LogP contribution >= 0.6 is 15.9 Å². The highest BCUT2D eigenvalue weighted by Gasteiger charge is 2.30. The van der Waals surface area contributed by atoms with Crippen LogP contribution in [0.5, 0.6) is 0 Å². The molecule has 2 heterocycles. The lowest BCUT2D eigenvalue weighted by Crippen LogP contribution is -2.05. The number of rotatable bonds is 1. The van der Waals surface area contributed by atoms with Crippen molar-refractivity contribution in [3.05, 3.63) is 40.5 Å². The molecule has 21 heavy (non-hydrogen) atoms. The lowest BCUT2D eigenvalue weighted by molar-refractivity contribution is -0.137. The minimum atomic E-state index is -4.43. The van der Waals surface area contributed by atoms with E-state index in [1.807, 2.05) is 0 Å². The molecule has 2 aromatic heterocycles. The number of oxazole rings is 1. The molecule has 0 atom stereocenters. The minimum Gasteiger partial charge on any atom is -0.432 e. The van der Waals surface area contributed by atoms with Gasteiger partial charge in [-0.1, -0.05) is 15.9 Å². The van der Waals surface area contributed by atoms with Crippen LogP contribution in [0.2, 0.25) is 0 Å². The van der Waals surface area contributed by atoms with E-state index in [1.165, 1.54) is 6.07 Å². The number of hydrogen-bond acceptors (Lipinski definition) is 4. The van der Waals surface area contributed by atoms with Crippen LogP contribution in [0.3, 0.4) is 0 Å². The molecule has 0 unspecified atom stereocenters. The number of nitrogens with zero attached hydrogens (tertiary/aromatic N) is 2. The van der Waals surface area contributed by atoms with Gasteiger partial charge in [0.2, 0.25) is 5.89 Å². The van der Waals surface area contributed by atoms with Crippen LogP contribution in [-0.4, -0.2) is 9.97 Å². The zero-order chi connectivity index (χ0) is 15.2. The van der Waals surface area contributed by atoms with E-state index in [-0.39, 0.29) is 11.6 Å². The third-order valence-electron chi connectivity index (χ3n) is 2.79. The van der Waals surface area contributed by atoms with Crippen molar-refractivity contribution in [2.24, 2.45) is 0 Å². The van der Waals surface area contributed by atoms with E-state index >= 15 is 0 Å². The van der Waals surface area contributed by atoms with Crippen molar-refractivity contribution in [3.63, 3.8) is 0 Å². The number of halogens is 4. The van der Waals surface area contributed by atoms with Gasteiger partial charge >= 0.3 is 6.18 Å². The Balaban J connectivity index is 2.06. The summed E-state index contributed by atoms with van der Waals surface area (Å²) in [5.41, 5.74) is 6.42. The first-order chi connectivity index (χ1) is 9.84. The lowest BCUT2D eigenvalue weighted by atomic mass is 10.2. The van der Waals surface area contributed by atoms with Crippen LogP contribution in [0.25, 0.3) is 22.7 Å². The Hall–Kier alpha value is -2.09. The number of fused-ring (bicyclic) bond motifs is 1. The van der Waals surface area contributed by atoms with Crippen LogP contribution in [0.4, 0.5) is 18.9 Å². The summed E-state index contributed by atoms with van der Waals surface area (Å²) in [4.78, 5) is 7.91. The van der Waals surface area contributed by atoms with Crippen molar-refractivity contribution in [3.8, 4) is 11.6 Å². The number of nitrogens with two attached hydrogens (primary N) is 1. The van der Waals surface area contributed by atoms with Gasteiger partial charge in [0.05, 0.1) is 11.3 Å². The van der Waals surface area contributed by atoms with Crippen LogP contribution in [0, 0.1) is 0 Å². The third-order valence-corrected chi connectivity index (χ3v) is 3.25. The molecule has 4 nitrogen and oxygen atoms in total. The molecule has 0 saturated heterocycles. The molecule has 3 aromatic rings. The summed E-state index contributed by atoms with van der Waals surface area (Å²) in [6, 6.07) is 5.48. The van der Waals surface area contributed by atoms with Gasteiger partial charge in [-0.3, -0.25) is 4.98 Å². The molecule has 0 aliphatic heterocycles. The molecular weight excluding hydrogens is 351 g/mol. The summed E-state index contributed by atoms with van der Waals surface area (Å²) in [5, 5.41) is 0. The highest BCUT2D eigenvalue weighted by molar-refractivity contribution is 9.10. The van der Waals surface area contributed by atoms with Gasteiger partial charge in [0.25, 0.3) is 0 Å². The van der Waals surface area contributed by atoms with Crippen LogP contribution in [-0.2, 0) is 6.18 Å². The number of alkyl halides is 3. The number of nitrogen functional groups attached to an aromatic ring is 1. The van der Waals surface area contributed by atoms with Gasteiger partial charge in [-0.15, -0.1) is 0 Å². The van der Waals surface area contributed by atoms with Crippen molar-refractivity contribution in [1.29, 1.82) is 0 Å². The first kappa shape index (κ1) is 13.9. The smallest absolute Gasteiger partial charge is 0.417 e. The Kier molecular flexibility index (Phi) is 3.12. The second-order valence-electron chi connectivity index (χ2n) is 4.29. The number of pyridine rings is 1. The van der Waals surface area contributed by atoms with E-state index in [1.54, 1.807) is 12.1 Å². The normalized spacial score (nSPS) is 12.0. The standard InChI is InChI=1S/C13H7BrF3N3O/c14-7-3-8(18)11-10(4-7)20-12(21-11)9-2-1-6(5-19-9)13(15,16)17/h1-5H,18H2. The molecule has 0 radical (unpaired) electrons. The van der Waals surface area contributed by atoms with Crippen LogP contribution in [0.1, 0.15) is 5.56 Å². The average Bonchev–Trinajstić information content (AvgIpc) is 2.82. The molecule has 3 rings (SSSR count). The summed E-state index contributed by atoms with van der Waals surface area (Å²) >= 11 is 3.28. The van der Waals surface area contributed by atoms with Crippen molar-refractivity contribution in [2.75, 3.05) is 5.73 Å². The molecule has 0 spiro atoms. The van der Waals surface area contributed by atoms with Gasteiger partial charge in [0.1, 0.15) is 11.2 Å². The van der Waals surface area contributed by atoms with Crippen LogP contribution < -0.4 is 5.73 Å². The van der Waals surface area contributed by atoms with Gasteiger partial charge in [0, 0.05) is 10.7 Å². The van der Waals surface area contributed by atoms with Crippen molar-refractivity contribution in [2.45, 2.75) is 6.18 Å². The van der Waals surface area contributed by atoms with E-state index in [9.17, 15) is 13.2 Å². The molecule has 0 aliphatic carbocycles. The summed E-state index contributed by atoms with van der Waals surface area (Å²) in [5.74, 6) is 0.114. The molecule has 0 bridgehead atoms. The van der Waals surface area contributed by atoms with Gasteiger partial charge in [-0.25, -0.2) is 4.98 Å². The molecule has 0 saturated carbocycles. The van der Waals surface area contributed by atoms with E-state index in [0.717, 1.165) is 16.7 Å². The Morgan fingerprint density at radius 1 is 1.19 bits per heavy atom. The molecule has 1 aromatic carbocycles. The Morgan fingerprint density at radius 2 is 1.95 bits per heavy atom. The molecule has 108 valence electrons. The Morgan fingerprint density at radius 3 is 2.57 bits per heavy atom. The Labute approximate surface area is 124 Å². The van der Waals surface area contributed by atoms with Gasteiger partial charge < -0.3 is 10.2 Å². The van der Waals surface area contributed by atoms with Crippen molar-refractivity contribution < 1.29 is 17.6 Å². The predicted octanol–water partition coefficient (Wildman–Crippen LogP) is 4.25. The fourth-order valence-corrected chi connectivity index (χ4v) is 2.28. The topological polar surface area (TPSA) is 64.9 Å². The fraction of sp³-hybridized carbons (Fsp3) is 0.0769. The molecule has 0 amide bonds. The molecule has 0 fully saturated rings. The maximum atomic E-state index is 12.5. The molecule has 8 heteroatoms. The van der Waals surface area contributed by atoms with Crippen LogP contribution in [0.15, 0.2) is 39.4 Å². The number of anilines is 1. The molecule has 0 aliphatic rings. The summed E-state index contributed by atoms with van der Waals surface area (Å²) in [7, 11) is 0. The maximum absolute atomic E-state index is 12.5. The van der Waals surface area contributed by atoms with E-state index in [4.69, 9.17) is 10.2 Å². The van der Waals surface area contributed by atoms with E-state index in [0.29, 0.717) is 16.8 Å². The summed E-state index contributed by atoms with van der Waals surface area (Å²) in [6.45, 7) is 0. The van der Waals surface area contributed by atoms with Crippen molar-refractivity contribution in [1.82, 2.24) is 9.97 Å². The highest BCUT2D eigenvalue weighted by atomic mass is 79.9. The zero-order valence-corrected chi connectivity index (χ0v) is 11.9. The molecular formula is C13H7BrF3N3O. The first-order valence-corrected chi connectivity index (χ1v) is 6.53. The minimum absolute atomic E-state index is 0.114. The highest BCUT2D eigenvalue weighted by Crippen LogP contribution is 2.32.